The van der Waals surface area contributed by atoms with Gasteiger partial charge in [-0.15, -0.1) is 0 Å². The summed E-state index contributed by atoms with van der Waals surface area (Å²) in [6, 6.07) is 38.0. The molecule has 0 aliphatic rings. The summed E-state index contributed by atoms with van der Waals surface area (Å²) in [4.78, 5) is 1.79. The van der Waals surface area contributed by atoms with Crippen molar-refractivity contribution in [1.82, 2.24) is 0 Å². The van der Waals surface area contributed by atoms with Crippen LogP contribution in [0.4, 0.5) is 20.2 Å². The molecule has 0 atom stereocenters. The summed E-state index contributed by atoms with van der Waals surface area (Å²) in [5, 5.41) is 0. The second kappa shape index (κ2) is 10.0. The van der Waals surface area contributed by atoms with Crippen LogP contribution < -0.4 is 4.90 Å². The van der Waals surface area contributed by atoms with Crippen molar-refractivity contribution in [3.8, 4) is 33.4 Å². The largest absolute Gasteiger partial charge is 0.331 e. The molecule has 0 heterocycles. The molecule has 184 valence electrons. The van der Waals surface area contributed by atoms with E-state index in [-0.39, 0.29) is 5.82 Å². The maximum Gasteiger partial charge on any atom is 0.155 e. The van der Waals surface area contributed by atoms with Gasteiger partial charge in [0, 0.05) is 16.7 Å². The Kier molecular flexibility index (Phi) is 6.62. The molecule has 37 heavy (non-hydrogen) atoms. The van der Waals surface area contributed by atoms with Gasteiger partial charge in [0.05, 0.1) is 11.4 Å². The monoisotopic (exact) mass is 489 g/mol. The Morgan fingerprint density at radius 2 is 1.05 bits per heavy atom. The van der Waals surface area contributed by atoms with E-state index in [1.165, 1.54) is 6.07 Å². The van der Waals surface area contributed by atoms with Gasteiger partial charge in [-0.2, -0.15) is 0 Å². The molecule has 0 amide bonds. The van der Waals surface area contributed by atoms with Crippen LogP contribution in [0, 0.1) is 11.6 Å². The van der Waals surface area contributed by atoms with Crippen LogP contribution in [0.5, 0.6) is 0 Å². The lowest BCUT2D eigenvalue weighted by atomic mass is 9.92. The van der Waals surface area contributed by atoms with Crippen molar-refractivity contribution in [3.05, 3.63) is 133 Å². The molecule has 0 bridgehead atoms. The number of rotatable bonds is 5. The van der Waals surface area contributed by atoms with Gasteiger partial charge >= 0.3 is 0 Å². The summed E-state index contributed by atoms with van der Waals surface area (Å²) in [6.07, 6.45) is 0. The molecule has 5 aromatic rings. The first-order valence-corrected chi connectivity index (χ1v) is 12.4. The quantitative estimate of drug-likeness (QED) is 0.237. The first kappa shape index (κ1) is 24.5. The average molecular weight is 490 g/mol. The molecule has 0 spiro atoms. The average Bonchev–Trinajstić information content (AvgIpc) is 2.91. The fraction of sp³-hybridized carbons (Fsp3) is 0.118. The van der Waals surface area contributed by atoms with Gasteiger partial charge < -0.3 is 4.90 Å². The van der Waals surface area contributed by atoms with Crippen LogP contribution in [0.1, 0.15) is 20.8 Å². The van der Waals surface area contributed by atoms with Crippen LogP contribution in [-0.4, -0.2) is 5.54 Å². The van der Waals surface area contributed by atoms with Gasteiger partial charge in [0.25, 0.3) is 0 Å². The molecular weight excluding hydrogens is 460 g/mol. The standard InChI is InChI=1S/C34H29F2N/c1-34(2,3)37(31-20-11-10-19-30(31)35)33-29(22-21-28(32(33)36)25-15-8-5-9-16-25)27-18-12-17-26(23-27)24-13-6-4-7-14-24/h4-23H,1-3H3. The van der Waals surface area contributed by atoms with Gasteiger partial charge in [0.1, 0.15) is 5.82 Å². The molecule has 0 aliphatic heterocycles. The molecule has 5 aromatic carbocycles. The van der Waals surface area contributed by atoms with Gasteiger partial charge in [-0.25, -0.2) is 8.78 Å². The van der Waals surface area contributed by atoms with Gasteiger partial charge in [-0.1, -0.05) is 103 Å². The van der Waals surface area contributed by atoms with E-state index in [0.29, 0.717) is 22.5 Å². The summed E-state index contributed by atoms with van der Waals surface area (Å²) in [5.41, 5.74) is 4.98. The van der Waals surface area contributed by atoms with E-state index >= 15 is 8.78 Å². The third-order valence-electron chi connectivity index (χ3n) is 6.47. The third kappa shape index (κ3) is 4.90. The second-order valence-electron chi connectivity index (χ2n) is 10.1. The minimum atomic E-state index is -0.621. The molecule has 3 heteroatoms. The lowest BCUT2D eigenvalue weighted by Gasteiger charge is -2.39. The molecule has 0 fully saturated rings. The summed E-state index contributed by atoms with van der Waals surface area (Å²) >= 11 is 0. The SMILES string of the molecule is CC(C)(C)N(c1ccccc1F)c1c(-c2cccc(-c3ccccc3)c2)ccc(-c2ccccc2)c1F. The van der Waals surface area contributed by atoms with Crippen molar-refractivity contribution in [2.24, 2.45) is 0 Å². The fourth-order valence-corrected chi connectivity index (χ4v) is 4.80. The maximum absolute atomic E-state index is 16.8. The maximum atomic E-state index is 16.8. The number of benzene rings is 5. The van der Waals surface area contributed by atoms with Crippen molar-refractivity contribution in [2.45, 2.75) is 26.3 Å². The normalized spacial score (nSPS) is 11.4. The smallest absolute Gasteiger partial charge is 0.155 e. The number of anilines is 2. The zero-order chi connectivity index (χ0) is 26.0. The lowest BCUT2D eigenvalue weighted by Crippen LogP contribution is -2.39. The topological polar surface area (TPSA) is 3.24 Å². The molecule has 5 rings (SSSR count). The van der Waals surface area contributed by atoms with Gasteiger partial charge in [-0.05, 0) is 61.2 Å². The van der Waals surface area contributed by atoms with E-state index in [2.05, 4.69) is 18.2 Å². The van der Waals surface area contributed by atoms with Crippen LogP contribution in [-0.2, 0) is 0 Å². The van der Waals surface area contributed by atoms with Crippen molar-refractivity contribution < 1.29 is 8.78 Å². The summed E-state index contributed by atoms with van der Waals surface area (Å²) < 4.78 is 32.0. The zero-order valence-corrected chi connectivity index (χ0v) is 21.3. The summed E-state index contributed by atoms with van der Waals surface area (Å²) in [5.74, 6) is -0.780. The minimum Gasteiger partial charge on any atom is -0.331 e. The van der Waals surface area contributed by atoms with Gasteiger partial charge in [0.2, 0.25) is 0 Å². The highest BCUT2D eigenvalue weighted by Crippen LogP contribution is 2.45. The number of hydrogen-bond donors (Lipinski definition) is 0. The van der Waals surface area contributed by atoms with E-state index in [1.54, 1.807) is 23.1 Å². The first-order chi connectivity index (χ1) is 17.8. The van der Waals surface area contributed by atoms with E-state index in [9.17, 15) is 0 Å². The van der Waals surface area contributed by atoms with E-state index in [0.717, 1.165) is 22.3 Å². The van der Waals surface area contributed by atoms with E-state index in [1.807, 2.05) is 99.6 Å². The Bertz CT molecular complexity index is 1520. The van der Waals surface area contributed by atoms with Gasteiger partial charge in [-0.3, -0.25) is 0 Å². The van der Waals surface area contributed by atoms with Crippen LogP contribution >= 0.6 is 0 Å². The highest BCUT2D eigenvalue weighted by molar-refractivity contribution is 5.89. The molecule has 0 radical (unpaired) electrons. The summed E-state index contributed by atoms with van der Waals surface area (Å²) in [7, 11) is 0. The lowest BCUT2D eigenvalue weighted by molar-refractivity contribution is 0.528. The van der Waals surface area contributed by atoms with E-state index in [4.69, 9.17) is 0 Å². The predicted molar refractivity (Wildman–Crippen MR) is 151 cm³/mol. The molecule has 0 saturated heterocycles. The van der Waals surface area contributed by atoms with Crippen molar-refractivity contribution in [2.75, 3.05) is 4.90 Å². The minimum absolute atomic E-state index is 0.333. The second-order valence-corrected chi connectivity index (χ2v) is 10.1. The Labute approximate surface area is 217 Å². The van der Waals surface area contributed by atoms with Crippen LogP contribution in [0.15, 0.2) is 121 Å². The van der Waals surface area contributed by atoms with Crippen LogP contribution in [0.25, 0.3) is 33.4 Å². The van der Waals surface area contributed by atoms with E-state index < -0.39 is 11.4 Å². The molecule has 0 N–H and O–H groups in total. The molecule has 0 aromatic heterocycles. The number of halogens is 2. The van der Waals surface area contributed by atoms with Crippen LogP contribution in [0.3, 0.4) is 0 Å². The molecule has 1 nitrogen and oxygen atoms in total. The molecule has 0 saturated carbocycles. The third-order valence-corrected chi connectivity index (χ3v) is 6.47. The Hall–Kier alpha value is -4.24. The van der Waals surface area contributed by atoms with Crippen molar-refractivity contribution in [3.63, 3.8) is 0 Å². The number of hydrogen-bond acceptors (Lipinski definition) is 1. The predicted octanol–water partition coefficient (Wildman–Crippen LogP) is 9.90. The Morgan fingerprint density at radius 3 is 1.70 bits per heavy atom. The zero-order valence-electron chi connectivity index (χ0n) is 21.3. The fourth-order valence-electron chi connectivity index (χ4n) is 4.80. The summed E-state index contributed by atoms with van der Waals surface area (Å²) in [6.45, 7) is 5.91. The molecule has 0 unspecified atom stereocenters. The number of para-hydroxylation sites is 1. The van der Waals surface area contributed by atoms with Crippen molar-refractivity contribution >= 4 is 11.4 Å². The Morgan fingerprint density at radius 1 is 0.514 bits per heavy atom. The molecular formula is C34H29F2N. The van der Waals surface area contributed by atoms with Crippen LogP contribution in [0.2, 0.25) is 0 Å². The van der Waals surface area contributed by atoms with Gasteiger partial charge in [0.15, 0.2) is 5.82 Å². The highest BCUT2D eigenvalue weighted by Gasteiger charge is 2.31. The van der Waals surface area contributed by atoms with Crippen molar-refractivity contribution in [1.29, 1.82) is 0 Å². The molecule has 0 aliphatic carbocycles. The number of nitrogens with zero attached hydrogens (tertiary/aromatic N) is 1. The Balaban J connectivity index is 1.80. The highest BCUT2D eigenvalue weighted by atomic mass is 19.1. The first-order valence-electron chi connectivity index (χ1n) is 12.4.